The Hall–Kier alpha value is -3.27. The van der Waals surface area contributed by atoms with Crippen molar-refractivity contribution in [2.24, 2.45) is 0 Å². The van der Waals surface area contributed by atoms with Gasteiger partial charge in [0.25, 0.3) is 0 Å². The Morgan fingerprint density at radius 2 is 1.70 bits per heavy atom. The number of fused-ring (bicyclic) bond motifs is 2. The summed E-state index contributed by atoms with van der Waals surface area (Å²) in [7, 11) is 0. The van der Waals surface area contributed by atoms with Crippen LogP contribution in [0.1, 0.15) is 11.3 Å². The Kier molecular flexibility index (Phi) is 5.00. The summed E-state index contributed by atoms with van der Waals surface area (Å²) in [6.07, 6.45) is -1.79. The summed E-state index contributed by atoms with van der Waals surface area (Å²) in [6.45, 7) is 0.717. The number of aliphatic hydroxyl groups is 2. The number of rotatable bonds is 3. The summed E-state index contributed by atoms with van der Waals surface area (Å²) in [5, 5.41) is 20.2. The predicted octanol–water partition coefficient (Wildman–Crippen LogP) is 4.74. The van der Waals surface area contributed by atoms with Crippen LogP contribution >= 0.6 is 11.6 Å². The van der Waals surface area contributed by atoms with Gasteiger partial charge in [-0.25, -0.2) is 9.97 Å². The molecule has 0 saturated heterocycles. The van der Waals surface area contributed by atoms with Crippen LogP contribution in [0.3, 0.4) is 0 Å². The summed E-state index contributed by atoms with van der Waals surface area (Å²) in [5.74, 6) is -3.34. The van der Waals surface area contributed by atoms with Crippen LogP contribution in [-0.2, 0) is 12.2 Å². The predicted molar refractivity (Wildman–Crippen MR) is 117 cm³/mol. The zero-order valence-electron chi connectivity index (χ0n) is 16.9. The number of pyridine rings is 1. The third kappa shape index (κ3) is 3.68. The molecule has 5 rings (SSSR count). The lowest BCUT2D eigenvalue weighted by Gasteiger charge is -2.23. The second-order valence-electron chi connectivity index (χ2n) is 7.71. The van der Waals surface area contributed by atoms with Gasteiger partial charge >= 0.3 is 12.0 Å². The van der Waals surface area contributed by atoms with Crippen LogP contribution in [0, 0.1) is 0 Å². The number of aromatic nitrogens is 3. The van der Waals surface area contributed by atoms with Crippen LogP contribution in [0.25, 0.3) is 22.0 Å². The number of nitrogens with zero attached hydrogens (tertiary/aromatic N) is 4. The van der Waals surface area contributed by atoms with Crippen molar-refractivity contribution in [3.8, 4) is 11.1 Å². The highest BCUT2D eigenvalue weighted by Gasteiger charge is 2.55. The van der Waals surface area contributed by atoms with Crippen molar-refractivity contribution in [2.75, 3.05) is 11.4 Å². The van der Waals surface area contributed by atoms with Crippen LogP contribution in [0.2, 0.25) is 5.02 Å². The van der Waals surface area contributed by atoms with Crippen molar-refractivity contribution in [3.63, 3.8) is 0 Å². The molecule has 6 nitrogen and oxygen atoms in total. The zero-order valence-corrected chi connectivity index (χ0v) is 17.6. The first kappa shape index (κ1) is 21.6. The molecule has 33 heavy (non-hydrogen) atoms. The first-order valence-electron chi connectivity index (χ1n) is 9.94. The molecule has 10 heteroatoms. The minimum atomic E-state index is -5.27. The van der Waals surface area contributed by atoms with Gasteiger partial charge in [-0.05, 0) is 47.9 Å². The van der Waals surface area contributed by atoms with Crippen molar-refractivity contribution in [3.05, 3.63) is 77.3 Å². The van der Waals surface area contributed by atoms with Crippen molar-refractivity contribution >= 4 is 34.0 Å². The maximum Gasteiger partial charge on any atom is 0.449 e. The van der Waals surface area contributed by atoms with Crippen molar-refractivity contribution < 1.29 is 23.4 Å². The fourth-order valence-electron chi connectivity index (χ4n) is 3.93. The third-order valence-corrected chi connectivity index (χ3v) is 5.90. The van der Waals surface area contributed by atoms with E-state index in [4.69, 9.17) is 11.6 Å². The van der Waals surface area contributed by atoms with E-state index in [0.29, 0.717) is 27.5 Å². The van der Waals surface area contributed by atoms with Crippen molar-refractivity contribution in [2.45, 2.75) is 18.4 Å². The molecule has 0 amide bonds. The van der Waals surface area contributed by atoms with Gasteiger partial charge in [-0.2, -0.15) is 13.2 Å². The molecule has 0 spiro atoms. The fourth-order valence-corrected chi connectivity index (χ4v) is 4.09. The number of hydrogen-bond acceptors (Lipinski definition) is 6. The second kappa shape index (κ2) is 7.65. The molecule has 0 atom stereocenters. The van der Waals surface area contributed by atoms with Crippen LogP contribution in [0.4, 0.5) is 24.7 Å². The molecule has 0 radical (unpaired) electrons. The molecule has 2 N–H and O–H groups in total. The molecule has 0 saturated carbocycles. The molecule has 2 aromatic carbocycles. The highest BCUT2D eigenvalue weighted by Crippen LogP contribution is 2.39. The molecule has 3 heterocycles. The molecule has 0 fully saturated rings. The normalized spacial score (nSPS) is 14.1. The van der Waals surface area contributed by atoms with E-state index >= 15 is 0 Å². The maximum absolute atomic E-state index is 12.9. The Balaban J connectivity index is 1.56. The standard InChI is InChI=1S/C23H16ClF3N4O2/c24-16-4-1-13-7-8-31(19(13)10-16)21-17-9-14(2-5-18(17)29-12-30-21)15-3-6-20(28-11-15)22(32,33)23(25,26)27/h1-6,9-12,32-33H,7-8H2. The topological polar surface area (TPSA) is 82.4 Å². The van der Waals surface area contributed by atoms with E-state index in [1.807, 2.05) is 24.3 Å². The largest absolute Gasteiger partial charge is 0.449 e. The minimum absolute atomic E-state index is 0.498. The van der Waals surface area contributed by atoms with Gasteiger partial charge in [0.15, 0.2) is 0 Å². The SMILES string of the molecule is OC(O)(c1ccc(-c2ccc3ncnc(N4CCc5ccc(Cl)cc54)c3c2)cn1)C(F)(F)F. The first-order valence-corrected chi connectivity index (χ1v) is 10.3. The lowest BCUT2D eigenvalue weighted by molar-refractivity contribution is -0.359. The van der Waals surface area contributed by atoms with Crippen LogP contribution < -0.4 is 4.90 Å². The average Bonchev–Trinajstić information content (AvgIpc) is 3.20. The number of halogens is 4. The van der Waals surface area contributed by atoms with Crippen LogP contribution in [0.5, 0.6) is 0 Å². The summed E-state index contributed by atoms with van der Waals surface area (Å²) in [4.78, 5) is 14.5. The summed E-state index contributed by atoms with van der Waals surface area (Å²) >= 11 is 6.20. The molecule has 1 aliphatic rings. The van der Waals surface area contributed by atoms with Gasteiger partial charge in [-0.15, -0.1) is 0 Å². The van der Waals surface area contributed by atoms with Gasteiger partial charge in [-0.3, -0.25) is 4.98 Å². The molecular formula is C23H16ClF3N4O2. The average molecular weight is 473 g/mol. The zero-order chi connectivity index (χ0) is 23.4. The van der Waals surface area contributed by atoms with E-state index in [2.05, 4.69) is 19.9 Å². The van der Waals surface area contributed by atoms with E-state index in [9.17, 15) is 23.4 Å². The minimum Gasteiger partial charge on any atom is -0.354 e. The van der Waals surface area contributed by atoms with Crippen molar-refractivity contribution in [1.29, 1.82) is 0 Å². The smallest absolute Gasteiger partial charge is 0.354 e. The fraction of sp³-hybridized carbons (Fsp3) is 0.174. The Morgan fingerprint density at radius 1 is 0.909 bits per heavy atom. The third-order valence-electron chi connectivity index (χ3n) is 5.66. The molecule has 168 valence electrons. The quantitative estimate of drug-likeness (QED) is 0.419. The number of alkyl halides is 3. The van der Waals surface area contributed by atoms with Gasteiger partial charge < -0.3 is 15.1 Å². The Bertz CT molecular complexity index is 1360. The van der Waals surface area contributed by atoms with Crippen LogP contribution in [-0.4, -0.2) is 37.9 Å². The monoisotopic (exact) mass is 472 g/mol. The van der Waals surface area contributed by atoms with Gasteiger partial charge in [0.2, 0.25) is 0 Å². The molecule has 4 aromatic rings. The van der Waals surface area contributed by atoms with Gasteiger partial charge in [0.1, 0.15) is 17.8 Å². The first-order chi connectivity index (χ1) is 15.6. The molecule has 0 aliphatic carbocycles. The maximum atomic E-state index is 12.9. The van der Waals surface area contributed by atoms with Gasteiger partial charge in [-0.1, -0.05) is 29.8 Å². The molecule has 0 unspecified atom stereocenters. The highest BCUT2D eigenvalue weighted by atomic mass is 35.5. The van der Waals surface area contributed by atoms with E-state index in [0.717, 1.165) is 41.9 Å². The second-order valence-corrected chi connectivity index (χ2v) is 8.14. The van der Waals surface area contributed by atoms with E-state index in [-0.39, 0.29) is 0 Å². The van der Waals surface area contributed by atoms with Crippen LogP contribution in [0.15, 0.2) is 61.1 Å². The molecule has 1 aliphatic heterocycles. The Labute approximate surface area is 190 Å². The number of benzene rings is 2. The van der Waals surface area contributed by atoms with Crippen molar-refractivity contribution in [1.82, 2.24) is 15.0 Å². The molecule has 0 bridgehead atoms. The van der Waals surface area contributed by atoms with E-state index < -0.39 is 17.7 Å². The molecule has 2 aromatic heterocycles. The lowest BCUT2D eigenvalue weighted by Crippen LogP contribution is -2.42. The lowest BCUT2D eigenvalue weighted by atomic mass is 10.0. The summed E-state index contributed by atoms with van der Waals surface area (Å²) in [6, 6.07) is 13.4. The summed E-state index contributed by atoms with van der Waals surface area (Å²) < 4.78 is 38.6. The summed E-state index contributed by atoms with van der Waals surface area (Å²) in [5.41, 5.74) is 3.08. The van der Waals surface area contributed by atoms with Gasteiger partial charge in [0.05, 0.1) is 5.52 Å². The number of hydrogen-bond donors (Lipinski definition) is 2. The molecular weight excluding hydrogens is 457 g/mol. The van der Waals surface area contributed by atoms with E-state index in [1.165, 1.54) is 12.4 Å². The Morgan fingerprint density at radius 3 is 2.42 bits per heavy atom. The highest BCUT2D eigenvalue weighted by molar-refractivity contribution is 6.31. The van der Waals surface area contributed by atoms with E-state index in [1.54, 1.807) is 12.1 Å². The number of anilines is 2. The van der Waals surface area contributed by atoms with Gasteiger partial charge in [0, 0.05) is 34.4 Å².